The normalized spacial score (nSPS) is 12.4. The van der Waals surface area contributed by atoms with E-state index >= 15 is 0 Å². The van der Waals surface area contributed by atoms with Crippen LogP contribution in [-0.4, -0.2) is 23.6 Å². The third-order valence-corrected chi connectivity index (χ3v) is 2.07. The van der Waals surface area contributed by atoms with Crippen molar-refractivity contribution in [1.82, 2.24) is 0 Å². The largest absolute Gasteiger partial charge is 0.286 e. The van der Waals surface area contributed by atoms with Gasteiger partial charge in [-0.2, -0.15) is 8.42 Å². The molecule has 3 nitrogen and oxygen atoms in total. The van der Waals surface area contributed by atoms with E-state index in [0.717, 1.165) is 0 Å². The molecule has 0 aliphatic carbocycles. The van der Waals surface area contributed by atoms with Crippen molar-refractivity contribution in [2.24, 2.45) is 0 Å². The van der Waals surface area contributed by atoms with Gasteiger partial charge in [-0.1, -0.05) is 0 Å². The molecule has 0 amide bonds. The molecule has 0 rings (SSSR count). The van der Waals surface area contributed by atoms with Crippen LogP contribution in [0.25, 0.3) is 0 Å². The summed E-state index contributed by atoms with van der Waals surface area (Å²) in [6.07, 6.45) is 0.666. The Balaban J connectivity index is 3.39. The number of alkyl halides is 2. The molecule has 0 heterocycles. The summed E-state index contributed by atoms with van der Waals surface area (Å²) in [4.78, 5) is -0.554. The molecule has 0 aromatic heterocycles. The Labute approximate surface area is 70.1 Å². The maximum absolute atomic E-state index is 10.1. The molecule has 0 unspecified atom stereocenters. The number of hydrogen-bond acceptors (Lipinski definition) is 2. The second kappa shape index (κ2) is 4.38. The molecule has 0 aliphatic heterocycles. The molecule has 62 valence electrons. The second-order valence-corrected chi connectivity index (χ2v) is 4.67. The molecular formula is C4H8Cl2O3S. The molecule has 0 fully saturated rings. The van der Waals surface area contributed by atoms with Gasteiger partial charge in [-0.25, -0.2) is 0 Å². The van der Waals surface area contributed by atoms with Gasteiger partial charge in [-0.05, 0) is 12.8 Å². The minimum absolute atomic E-state index is 0.275. The van der Waals surface area contributed by atoms with Crippen molar-refractivity contribution < 1.29 is 13.0 Å². The van der Waals surface area contributed by atoms with Crippen LogP contribution in [0.4, 0.5) is 0 Å². The molecule has 0 aromatic rings. The van der Waals surface area contributed by atoms with Gasteiger partial charge in [0.1, 0.15) is 4.84 Å². The highest BCUT2D eigenvalue weighted by atomic mass is 35.5. The quantitative estimate of drug-likeness (QED) is 0.560. The minimum Gasteiger partial charge on any atom is -0.286 e. The van der Waals surface area contributed by atoms with Crippen LogP contribution in [0.2, 0.25) is 0 Å². The number of halogens is 2. The number of hydrogen-bond donors (Lipinski definition) is 1. The zero-order valence-electron chi connectivity index (χ0n) is 5.13. The average Bonchev–Trinajstić information content (AvgIpc) is 1.59. The standard InChI is InChI=1S/C4H8Cl2O3S/c5-4(6)2-1-3-10(7,8)9/h4H,1-3H2,(H,7,8,9). The zero-order valence-corrected chi connectivity index (χ0v) is 7.45. The van der Waals surface area contributed by atoms with E-state index in [2.05, 4.69) is 0 Å². The van der Waals surface area contributed by atoms with Gasteiger partial charge in [0.05, 0.1) is 5.75 Å². The second-order valence-electron chi connectivity index (χ2n) is 1.82. The SMILES string of the molecule is O=S(=O)(O)CCCC(Cl)Cl. The molecular weight excluding hydrogens is 199 g/mol. The van der Waals surface area contributed by atoms with Crippen molar-refractivity contribution >= 4 is 33.3 Å². The van der Waals surface area contributed by atoms with Crippen molar-refractivity contribution in [2.75, 3.05) is 5.75 Å². The van der Waals surface area contributed by atoms with E-state index in [1.54, 1.807) is 0 Å². The fraction of sp³-hybridized carbons (Fsp3) is 1.00. The number of rotatable bonds is 4. The van der Waals surface area contributed by atoms with Gasteiger partial charge >= 0.3 is 0 Å². The molecule has 0 aromatic carbocycles. The Morgan fingerprint density at radius 2 is 1.90 bits per heavy atom. The Hall–Kier alpha value is 0.490. The van der Waals surface area contributed by atoms with Crippen LogP contribution in [-0.2, 0) is 10.1 Å². The fourth-order valence-electron chi connectivity index (χ4n) is 0.420. The highest BCUT2D eigenvalue weighted by molar-refractivity contribution is 7.85. The predicted octanol–water partition coefficient (Wildman–Crippen LogP) is 1.46. The molecule has 0 aliphatic rings. The average molecular weight is 207 g/mol. The van der Waals surface area contributed by atoms with Gasteiger partial charge in [0.25, 0.3) is 10.1 Å². The molecule has 6 heteroatoms. The van der Waals surface area contributed by atoms with E-state index in [0.29, 0.717) is 6.42 Å². The summed E-state index contributed by atoms with van der Waals surface area (Å²) in [5, 5.41) is 0. The van der Waals surface area contributed by atoms with E-state index in [1.165, 1.54) is 0 Å². The summed E-state index contributed by atoms with van der Waals surface area (Å²) in [7, 11) is -3.84. The van der Waals surface area contributed by atoms with Crippen LogP contribution >= 0.6 is 23.2 Å². The topological polar surface area (TPSA) is 54.4 Å². The van der Waals surface area contributed by atoms with Crippen LogP contribution < -0.4 is 0 Å². The van der Waals surface area contributed by atoms with Crippen molar-refractivity contribution in [3.8, 4) is 0 Å². The van der Waals surface area contributed by atoms with E-state index in [1.807, 2.05) is 0 Å². The van der Waals surface area contributed by atoms with Crippen molar-refractivity contribution in [3.63, 3.8) is 0 Å². The smallest absolute Gasteiger partial charge is 0.264 e. The molecule has 0 saturated carbocycles. The third kappa shape index (κ3) is 8.49. The van der Waals surface area contributed by atoms with Gasteiger partial charge < -0.3 is 0 Å². The van der Waals surface area contributed by atoms with Gasteiger partial charge in [-0.15, -0.1) is 23.2 Å². The molecule has 0 spiro atoms. The van der Waals surface area contributed by atoms with Crippen LogP contribution in [0, 0.1) is 0 Å². The fourth-order valence-corrected chi connectivity index (χ4v) is 1.26. The molecule has 0 atom stereocenters. The summed E-state index contributed by atoms with van der Waals surface area (Å²) < 4.78 is 28.4. The molecule has 10 heavy (non-hydrogen) atoms. The van der Waals surface area contributed by atoms with Crippen molar-refractivity contribution in [3.05, 3.63) is 0 Å². The summed E-state index contributed by atoms with van der Waals surface area (Å²) >= 11 is 10.6. The van der Waals surface area contributed by atoms with E-state index in [4.69, 9.17) is 27.8 Å². The monoisotopic (exact) mass is 206 g/mol. The maximum Gasteiger partial charge on any atom is 0.264 e. The lowest BCUT2D eigenvalue weighted by Crippen LogP contribution is -2.04. The summed E-state index contributed by atoms with van der Waals surface area (Å²) in [5.74, 6) is -0.275. The van der Waals surface area contributed by atoms with Gasteiger partial charge in [0.2, 0.25) is 0 Å². The first-order valence-electron chi connectivity index (χ1n) is 2.65. The van der Waals surface area contributed by atoms with Crippen LogP contribution in [0.5, 0.6) is 0 Å². The van der Waals surface area contributed by atoms with Gasteiger partial charge in [0, 0.05) is 0 Å². The Bertz CT molecular complexity index is 175. The summed E-state index contributed by atoms with van der Waals surface area (Å²) in [6.45, 7) is 0. The van der Waals surface area contributed by atoms with Crippen LogP contribution in [0.1, 0.15) is 12.8 Å². The predicted molar refractivity (Wildman–Crippen MR) is 41.1 cm³/mol. The maximum atomic E-state index is 10.1. The molecule has 0 radical (unpaired) electrons. The van der Waals surface area contributed by atoms with Crippen molar-refractivity contribution in [1.29, 1.82) is 0 Å². The first kappa shape index (κ1) is 10.5. The molecule has 1 N–H and O–H groups in total. The first-order chi connectivity index (χ1) is 4.42. The van der Waals surface area contributed by atoms with E-state index in [9.17, 15) is 8.42 Å². The lowest BCUT2D eigenvalue weighted by molar-refractivity contribution is 0.480. The van der Waals surface area contributed by atoms with Gasteiger partial charge in [0.15, 0.2) is 0 Å². The Morgan fingerprint density at radius 1 is 1.40 bits per heavy atom. The first-order valence-corrected chi connectivity index (χ1v) is 5.13. The summed E-state index contributed by atoms with van der Waals surface area (Å²) in [6, 6.07) is 0. The van der Waals surface area contributed by atoms with E-state index in [-0.39, 0.29) is 12.2 Å². The minimum atomic E-state index is -3.84. The summed E-state index contributed by atoms with van der Waals surface area (Å²) in [5.41, 5.74) is 0. The Kier molecular flexibility index (Phi) is 4.60. The van der Waals surface area contributed by atoms with Crippen LogP contribution in [0.3, 0.4) is 0 Å². The van der Waals surface area contributed by atoms with E-state index < -0.39 is 15.0 Å². The lowest BCUT2D eigenvalue weighted by atomic mass is 10.4. The highest BCUT2D eigenvalue weighted by Gasteiger charge is 2.05. The van der Waals surface area contributed by atoms with Crippen molar-refractivity contribution in [2.45, 2.75) is 17.7 Å². The third-order valence-electron chi connectivity index (χ3n) is 0.825. The zero-order chi connectivity index (χ0) is 8.20. The Morgan fingerprint density at radius 3 is 2.20 bits per heavy atom. The molecule has 0 bridgehead atoms. The lowest BCUT2D eigenvalue weighted by Gasteiger charge is -1.97. The highest BCUT2D eigenvalue weighted by Crippen LogP contribution is 2.09. The van der Waals surface area contributed by atoms with Gasteiger partial charge in [-0.3, -0.25) is 4.55 Å². The van der Waals surface area contributed by atoms with Crippen LogP contribution in [0.15, 0.2) is 0 Å². The molecule has 0 saturated heterocycles.